The molecule has 120 valence electrons. The van der Waals surface area contributed by atoms with Crippen LogP contribution in [-0.4, -0.2) is 0 Å². The lowest BCUT2D eigenvalue weighted by Gasteiger charge is -2.02. The van der Waals surface area contributed by atoms with Crippen LogP contribution in [0.15, 0.2) is 5.22 Å². The first-order chi connectivity index (χ1) is 9.83. The summed E-state index contributed by atoms with van der Waals surface area (Å²) in [6.45, 7) is 4.58. The maximum Gasteiger partial charge on any atom is -0.0241 e. The van der Waals surface area contributed by atoms with E-state index in [9.17, 15) is 0 Å². The Morgan fingerprint density at radius 3 is 1.00 bits per heavy atom. The Kier molecular flexibility index (Phi) is 24.9. The predicted molar refractivity (Wildman–Crippen MR) is 89.3 cm³/mol. The highest BCUT2D eigenvalue weighted by molar-refractivity contribution is 4.48. The number of nitrogens with two attached hydrogens (primary N) is 1. The van der Waals surface area contributed by atoms with Gasteiger partial charge in [-0.2, -0.15) is 4.91 Å². The summed E-state index contributed by atoms with van der Waals surface area (Å²) in [6.07, 6.45) is 20.4. The number of hydrogen-bond donors (Lipinski definition) is 1. The van der Waals surface area contributed by atoms with Gasteiger partial charge in [0.15, 0.2) is 0 Å². The monoisotopic (exact) mass is 284 g/mol. The fourth-order valence-electron chi connectivity index (χ4n) is 2.27. The molecular weight excluding hydrogens is 248 g/mol. The Labute approximate surface area is 126 Å². The normalized spacial score (nSPS) is 9.50. The second kappa shape index (κ2) is 23.2. The first kappa shape index (κ1) is 21.4. The molecule has 0 aromatic heterocycles. The molecule has 0 aromatic carbocycles. The lowest BCUT2D eigenvalue weighted by atomic mass is 10.0. The van der Waals surface area contributed by atoms with Crippen LogP contribution in [0.2, 0.25) is 0 Å². The van der Waals surface area contributed by atoms with Crippen LogP contribution in [0, 0.1) is 0 Å². The van der Waals surface area contributed by atoms with E-state index in [0.29, 0.717) is 0 Å². The minimum absolute atomic E-state index is 1.37. The molecule has 4 nitrogen and oxygen atoms in total. The molecule has 20 heavy (non-hydrogen) atoms. The highest BCUT2D eigenvalue weighted by Crippen LogP contribution is 2.12. The molecule has 0 aliphatic carbocycles. The molecule has 4 heteroatoms. The van der Waals surface area contributed by atoms with Crippen molar-refractivity contribution in [3.63, 3.8) is 0 Å². The lowest BCUT2D eigenvalue weighted by molar-refractivity contribution is 0.538. The van der Waals surface area contributed by atoms with Gasteiger partial charge >= 0.3 is 0 Å². The van der Waals surface area contributed by atoms with Gasteiger partial charge in [-0.25, -0.2) is 0 Å². The van der Waals surface area contributed by atoms with Crippen molar-refractivity contribution in [1.29, 1.82) is 0 Å². The van der Waals surface area contributed by atoms with Crippen LogP contribution >= 0.6 is 0 Å². The van der Waals surface area contributed by atoms with E-state index >= 15 is 0 Å². The molecule has 2 N–H and O–H groups in total. The molecule has 0 spiro atoms. The summed E-state index contributed by atoms with van der Waals surface area (Å²) in [4.78, 5) is 2.14. The summed E-state index contributed by atoms with van der Waals surface area (Å²) in [6, 6.07) is 0. The first-order valence-corrected chi connectivity index (χ1v) is 8.57. The Bertz CT molecular complexity index is 187. The lowest BCUT2D eigenvalue weighted by Crippen LogP contribution is -1.82. The number of hydrogen-bond acceptors (Lipinski definition) is 1. The van der Waals surface area contributed by atoms with Crippen molar-refractivity contribution >= 4 is 0 Å². The third-order valence-electron chi connectivity index (χ3n) is 3.51. The van der Waals surface area contributed by atoms with Gasteiger partial charge in [-0.1, -0.05) is 104 Å². The van der Waals surface area contributed by atoms with E-state index in [1.165, 1.54) is 89.9 Å². The fraction of sp³-hybridized carbons (Fsp3) is 1.00. The highest BCUT2D eigenvalue weighted by Gasteiger charge is 1.92. The number of rotatable bonds is 13. The predicted octanol–water partition coefficient (Wildman–Crippen LogP) is 6.66. The largest absolute Gasteiger partial charge is 0.274 e. The molecule has 0 aliphatic heterocycles. The molecule has 0 amide bonds. The van der Waals surface area contributed by atoms with Gasteiger partial charge in [-0.3, -0.25) is 5.84 Å². The first-order valence-electron chi connectivity index (χ1n) is 8.57. The molecule has 0 bridgehead atoms. The van der Waals surface area contributed by atoms with E-state index in [0.717, 1.165) is 0 Å². The molecule has 0 atom stereocenters. The van der Waals surface area contributed by atoms with Crippen molar-refractivity contribution in [2.24, 2.45) is 11.1 Å². The Morgan fingerprint density at radius 1 is 0.650 bits per heavy atom. The van der Waals surface area contributed by atoms with Crippen LogP contribution in [0.4, 0.5) is 0 Å². The molecule has 0 fully saturated rings. The van der Waals surface area contributed by atoms with E-state index in [4.69, 9.17) is 5.53 Å². The van der Waals surface area contributed by atoms with Gasteiger partial charge in [0.1, 0.15) is 0 Å². The van der Waals surface area contributed by atoms with Crippen molar-refractivity contribution < 1.29 is 0 Å². The summed E-state index contributed by atoms with van der Waals surface area (Å²) >= 11 is 0. The number of azide groups is 1. The topological polar surface area (TPSA) is 74.8 Å². The van der Waals surface area contributed by atoms with Crippen LogP contribution in [0.5, 0.6) is 0 Å². The van der Waals surface area contributed by atoms with Crippen LogP contribution in [0.1, 0.15) is 104 Å². The Morgan fingerprint density at radius 2 is 0.850 bits per heavy atom. The zero-order valence-electron chi connectivity index (χ0n) is 13.8. The van der Waals surface area contributed by atoms with Gasteiger partial charge < -0.3 is 0 Å². The maximum absolute atomic E-state index is 7.21. The average Bonchev–Trinajstić information content (AvgIpc) is 2.49. The maximum atomic E-state index is 7.21. The molecular formula is C16H36N4. The number of unbranched alkanes of at least 4 members (excludes halogenated alkanes) is 13. The van der Waals surface area contributed by atoms with Crippen LogP contribution < -0.4 is 5.84 Å². The van der Waals surface area contributed by atoms with Gasteiger partial charge in [0, 0.05) is 0 Å². The smallest absolute Gasteiger partial charge is 0.0241 e. The van der Waals surface area contributed by atoms with Gasteiger partial charge in [-0.15, -0.1) is 5.53 Å². The minimum Gasteiger partial charge on any atom is -0.274 e. The van der Waals surface area contributed by atoms with E-state index in [-0.39, 0.29) is 0 Å². The Balaban J connectivity index is 0. The van der Waals surface area contributed by atoms with Crippen molar-refractivity contribution in [2.45, 2.75) is 104 Å². The average molecular weight is 284 g/mol. The van der Waals surface area contributed by atoms with Gasteiger partial charge in [0.05, 0.1) is 0 Å². The zero-order chi connectivity index (χ0) is 15.3. The van der Waals surface area contributed by atoms with Gasteiger partial charge in [0.2, 0.25) is 0 Å². The van der Waals surface area contributed by atoms with Crippen LogP contribution in [0.25, 0.3) is 10.4 Å². The van der Waals surface area contributed by atoms with Crippen molar-refractivity contribution in [1.82, 2.24) is 0 Å². The molecule has 0 saturated heterocycles. The van der Waals surface area contributed by atoms with E-state index in [1.807, 2.05) is 0 Å². The molecule has 0 rings (SSSR count). The summed E-state index contributed by atoms with van der Waals surface area (Å²) in [5.74, 6) is 4.24. The van der Waals surface area contributed by atoms with Crippen LogP contribution in [-0.2, 0) is 0 Å². The van der Waals surface area contributed by atoms with E-state index in [2.05, 4.69) is 29.8 Å². The number of nitrogens with zero attached hydrogens (tertiary/aromatic N) is 3. The molecule has 0 heterocycles. The van der Waals surface area contributed by atoms with E-state index < -0.39 is 0 Å². The second-order valence-electron chi connectivity index (χ2n) is 5.45. The van der Waals surface area contributed by atoms with Crippen molar-refractivity contribution in [3.8, 4) is 0 Å². The summed E-state index contributed by atoms with van der Waals surface area (Å²) in [5, 5.41) is 2.42. The van der Waals surface area contributed by atoms with Gasteiger partial charge in [0.25, 0.3) is 0 Å². The van der Waals surface area contributed by atoms with Gasteiger partial charge in [-0.05, 0) is 5.22 Å². The molecule has 0 saturated carbocycles. The third-order valence-corrected chi connectivity index (χ3v) is 3.51. The fourth-order valence-corrected chi connectivity index (χ4v) is 2.27. The molecule has 0 aromatic rings. The molecule has 0 unspecified atom stereocenters. The highest BCUT2D eigenvalue weighted by atomic mass is 15.3. The SMILES string of the molecule is CCCCCCCCCCCCCCCC.[N-]=[N+]=NN. The second-order valence-corrected chi connectivity index (χ2v) is 5.45. The molecule has 0 radical (unpaired) electrons. The molecule has 0 aliphatic rings. The third kappa shape index (κ3) is 25.8. The van der Waals surface area contributed by atoms with Crippen LogP contribution in [0.3, 0.4) is 0 Å². The van der Waals surface area contributed by atoms with Crippen molar-refractivity contribution in [3.05, 3.63) is 10.4 Å². The van der Waals surface area contributed by atoms with E-state index in [1.54, 1.807) is 0 Å². The van der Waals surface area contributed by atoms with Crippen molar-refractivity contribution in [2.75, 3.05) is 0 Å². The summed E-state index contributed by atoms with van der Waals surface area (Å²) in [5.41, 5.74) is 7.21. The minimum atomic E-state index is 1.37. The Hall–Kier alpha value is -0.890. The standard InChI is InChI=1S/C16H34.H2N4/c1-3-5-7-9-11-13-15-16-14-12-10-8-6-4-2;1-3-4-2/h3-16H2,1-2H3;1H2. The summed E-state index contributed by atoms with van der Waals surface area (Å²) < 4.78 is 0. The summed E-state index contributed by atoms with van der Waals surface area (Å²) in [7, 11) is 0. The zero-order valence-corrected chi connectivity index (χ0v) is 13.8. The quantitative estimate of drug-likeness (QED) is 0.101.